The molecule has 0 bridgehead atoms. The maximum Gasteiger partial charge on any atom is 0.327 e. The van der Waals surface area contributed by atoms with Crippen molar-refractivity contribution in [3.05, 3.63) is 0 Å². The minimum Gasteiger partial charge on any atom is -0.480 e. The molecule has 0 spiro atoms. The van der Waals surface area contributed by atoms with Gasteiger partial charge in [-0.25, -0.2) is 9.59 Å². The molecule has 1 saturated heterocycles. The Morgan fingerprint density at radius 3 is 2.68 bits per heavy atom. The van der Waals surface area contributed by atoms with Crippen LogP contribution in [0.15, 0.2) is 0 Å². The molecule has 106 valence electrons. The van der Waals surface area contributed by atoms with E-state index in [4.69, 9.17) is 5.11 Å². The molecule has 0 unspecified atom stereocenters. The molecular formula is C10H15N3O5S. The standard InChI is InChI=1S/C10H15N3O5S/c1-6(14)12-7(9(16)17)4-19-5-8(15)13-3-2-11-10(13)18/h7H,2-5H2,1H3,(H,11,18)(H,12,14)(H,16,17)/t7-/m0/s1. The van der Waals surface area contributed by atoms with Gasteiger partial charge in [-0.1, -0.05) is 0 Å². The van der Waals surface area contributed by atoms with Crippen LogP contribution in [0.3, 0.4) is 0 Å². The minimum absolute atomic E-state index is 0.00319. The largest absolute Gasteiger partial charge is 0.480 e. The van der Waals surface area contributed by atoms with Crippen molar-refractivity contribution in [1.29, 1.82) is 0 Å². The molecule has 0 aromatic rings. The van der Waals surface area contributed by atoms with E-state index in [0.717, 1.165) is 16.7 Å². The number of imide groups is 1. The van der Waals surface area contributed by atoms with Crippen molar-refractivity contribution in [3.8, 4) is 0 Å². The predicted octanol–water partition coefficient (Wildman–Crippen LogP) is -1.14. The molecule has 0 radical (unpaired) electrons. The van der Waals surface area contributed by atoms with Gasteiger partial charge in [0.2, 0.25) is 11.8 Å². The molecular weight excluding hydrogens is 274 g/mol. The number of carbonyl (C=O) groups excluding carboxylic acids is 3. The first-order chi connectivity index (χ1) is 8.91. The molecule has 8 nitrogen and oxygen atoms in total. The third-order valence-corrected chi connectivity index (χ3v) is 3.36. The van der Waals surface area contributed by atoms with Crippen molar-refractivity contribution >= 4 is 35.6 Å². The van der Waals surface area contributed by atoms with Gasteiger partial charge >= 0.3 is 12.0 Å². The monoisotopic (exact) mass is 289 g/mol. The van der Waals surface area contributed by atoms with Crippen LogP contribution in [-0.2, 0) is 14.4 Å². The molecule has 1 heterocycles. The maximum absolute atomic E-state index is 11.6. The molecule has 1 rings (SSSR count). The predicted molar refractivity (Wildman–Crippen MR) is 67.7 cm³/mol. The molecule has 9 heteroatoms. The Morgan fingerprint density at radius 2 is 2.21 bits per heavy atom. The topological polar surface area (TPSA) is 116 Å². The van der Waals surface area contributed by atoms with Crippen LogP contribution in [0.2, 0.25) is 0 Å². The fourth-order valence-electron chi connectivity index (χ4n) is 1.47. The van der Waals surface area contributed by atoms with E-state index in [1.54, 1.807) is 0 Å². The van der Waals surface area contributed by atoms with Gasteiger partial charge in [0.15, 0.2) is 0 Å². The Kier molecular flexibility index (Phi) is 5.61. The number of nitrogens with one attached hydrogen (secondary N) is 2. The molecule has 1 aliphatic rings. The second-order valence-corrected chi connectivity index (χ2v) is 4.91. The normalized spacial score (nSPS) is 15.8. The summed E-state index contributed by atoms with van der Waals surface area (Å²) in [5, 5.41) is 13.6. The van der Waals surface area contributed by atoms with Crippen molar-refractivity contribution in [2.45, 2.75) is 13.0 Å². The number of carbonyl (C=O) groups is 4. The number of urea groups is 1. The summed E-state index contributed by atoms with van der Waals surface area (Å²) in [6.45, 7) is 1.98. The van der Waals surface area contributed by atoms with Gasteiger partial charge in [-0.05, 0) is 0 Å². The van der Waals surface area contributed by atoms with Crippen LogP contribution in [0, 0.1) is 0 Å². The van der Waals surface area contributed by atoms with Gasteiger partial charge < -0.3 is 15.7 Å². The van der Waals surface area contributed by atoms with Crippen molar-refractivity contribution in [1.82, 2.24) is 15.5 Å². The summed E-state index contributed by atoms with van der Waals surface area (Å²) in [5.74, 6) is -1.91. The van der Waals surface area contributed by atoms with Gasteiger partial charge in [0.1, 0.15) is 6.04 Å². The van der Waals surface area contributed by atoms with Crippen LogP contribution < -0.4 is 10.6 Å². The van der Waals surface area contributed by atoms with Crippen LogP contribution in [-0.4, -0.2) is 64.5 Å². The van der Waals surface area contributed by atoms with Crippen LogP contribution in [0.25, 0.3) is 0 Å². The van der Waals surface area contributed by atoms with Crippen LogP contribution in [0.1, 0.15) is 6.92 Å². The quantitative estimate of drug-likeness (QED) is 0.569. The van der Waals surface area contributed by atoms with E-state index in [9.17, 15) is 19.2 Å². The van der Waals surface area contributed by atoms with E-state index < -0.39 is 23.9 Å². The number of aliphatic carboxylic acids is 1. The van der Waals surface area contributed by atoms with Crippen LogP contribution in [0.4, 0.5) is 4.79 Å². The Morgan fingerprint density at radius 1 is 1.53 bits per heavy atom. The highest BCUT2D eigenvalue weighted by Gasteiger charge is 2.26. The van der Waals surface area contributed by atoms with Crippen molar-refractivity contribution in [2.24, 2.45) is 0 Å². The third kappa shape index (κ3) is 4.78. The number of hydrogen-bond donors (Lipinski definition) is 3. The summed E-state index contributed by atoms with van der Waals surface area (Å²) in [6, 6.07) is -1.47. The number of carboxylic acids is 1. The Hall–Kier alpha value is -1.77. The lowest BCUT2D eigenvalue weighted by Gasteiger charge is -2.14. The molecule has 0 aromatic heterocycles. The molecule has 1 fully saturated rings. The minimum atomic E-state index is -1.16. The average molecular weight is 289 g/mol. The van der Waals surface area contributed by atoms with Gasteiger partial charge in [0, 0.05) is 25.8 Å². The summed E-state index contributed by atoms with van der Waals surface area (Å²) in [7, 11) is 0. The fourth-order valence-corrected chi connectivity index (χ4v) is 2.38. The third-order valence-electron chi connectivity index (χ3n) is 2.34. The fraction of sp³-hybridized carbons (Fsp3) is 0.600. The summed E-state index contributed by atoms with van der Waals surface area (Å²) in [6.07, 6.45) is 0. The van der Waals surface area contributed by atoms with Gasteiger partial charge in [0.05, 0.1) is 5.75 Å². The summed E-state index contributed by atoms with van der Waals surface area (Å²) in [5.41, 5.74) is 0. The molecule has 0 saturated carbocycles. The van der Waals surface area contributed by atoms with Gasteiger partial charge in [0.25, 0.3) is 0 Å². The lowest BCUT2D eigenvalue weighted by Crippen LogP contribution is -2.42. The number of carboxylic acid groups (broad SMARTS) is 1. The SMILES string of the molecule is CC(=O)N[C@@H](CSCC(=O)N1CCNC1=O)C(=O)O. The van der Waals surface area contributed by atoms with Crippen molar-refractivity contribution in [2.75, 3.05) is 24.6 Å². The zero-order valence-corrected chi connectivity index (χ0v) is 11.2. The molecule has 4 amide bonds. The first-order valence-corrected chi connectivity index (χ1v) is 6.73. The molecule has 1 atom stereocenters. The smallest absolute Gasteiger partial charge is 0.327 e. The van der Waals surface area contributed by atoms with Gasteiger partial charge in [-0.15, -0.1) is 11.8 Å². The summed E-state index contributed by atoms with van der Waals surface area (Å²) < 4.78 is 0. The van der Waals surface area contributed by atoms with Crippen LogP contribution >= 0.6 is 11.8 Å². The average Bonchev–Trinajstić information content (AvgIpc) is 2.73. The van der Waals surface area contributed by atoms with E-state index in [-0.39, 0.29) is 17.4 Å². The van der Waals surface area contributed by atoms with Gasteiger partial charge in [-0.3, -0.25) is 14.5 Å². The zero-order valence-electron chi connectivity index (χ0n) is 10.3. The second kappa shape index (κ2) is 6.98. The summed E-state index contributed by atoms with van der Waals surface area (Å²) in [4.78, 5) is 45.6. The summed E-state index contributed by atoms with van der Waals surface area (Å²) >= 11 is 1.06. The second-order valence-electron chi connectivity index (χ2n) is 3.88. The van der Waals surface area contributed by atoms with Crippen molar-refractivity contribution < 1.29 is 24.3 Å². The van der Waals surface area contributed by atoms with E-state index in [1.807, 2.05) is 0 Å². The molecule has 0 aromatic carbocycles. The zero-order chi connectivity index (χ0) is 14.4. The van der Waals surface area contributed by atoms with Crippen LogP contribution in [0.5, 0.6) is 0 Å². The highest BCUT2D eigenvalue weighted by atomic mass is 32.2. The molecule has 19 heavy (non-hydrogen) atoms. The van der Waals surface area contributed by atoms with Gasteiger partial charge in [-0.2, -0.15) is 0 Å². The number of rotatable bonds is 6. The highest BCUT2D eigenvalue weighted by Crippen LogP contribution is 2.07. The number of thioether (sulfide) groups is 1. The lowest BCUT2D eigenvalue weighted by atomic mass is 10.3. The number of hydrogen-bond acceptors (Lipinski definition) is 5. The van der Waals surface area contributed by atoms with E-state index in [1.165, 1.54) is 6.92 Å². The maximum atomic E-state index is 11.6. The first-order valence-electron chi connectivity index (χ1n) is 5.57. The Balaban J connectivity index is 2.35. The number of amides is 4. The van der Waals surface area contributed by atoms with E-state index in [2.05, 4.69) is 10.6 Å². The first kappa shape index (κ1) is 15.3. The number of nitrogens with zero attached hydrogens (tertiary/aromatic N) is 1. The van der Waals surface area contributed by atoms with E-state index >= 15 is 0 Å². The Labute approximate surface area is 113 Å². The lowest BCUT2D eigenvalue weighted by molar-refractivity contribution is -0.140. The molecule has 0 aliphatic carbocycles. The van der Waals surface area contributed by atoms with E-state index in [0.29, 0.717) is 13.1 Å². The Bertz CT molecular complexity index is 401. The van der Waals surface area contributed by atoms with Crippen molar-refractivity contribution in [3.63, 3.8) is 0 Å². The molecule has 3 N–H and O–H groups in total. The molecule has 1 aliphatic heterocycles. The highest BCUT2D eigenvalue weighted by molar-refractivity contribution is 8.00.